The molecule has 8 nitrogen and oxygen atoms in total. The Hall–Kier alpha value is -3.55. The highest BCUT2D eigenvalue weighted by Crippen LogP contribution is 2.20. The fourth-order valence-corrected chi connectivity index (χ4v) is 2.79. The first-order valence-electron chi connectivity index (χ1n) is 8.19. The Morgan fingerprint density at radius 2 is 2.15 bits per heavy atom. The van der Waals surface area contributed by atoms with E-state index in [2.05, 4.69) is 30.6 Å². The second-order valence-electron chi connectivity index (χ2n) is 5.87. The zero-order valence-corrected chi connectivity index (χ0v) is 14.1. The monoisotopic (exact) mass is 347 g/mol. The van der Waals surface area contributed by atoms with Crippen LogP contribution in [0.2, 0.25) is 0 Å². The number of nitrogens with one attached hydrogen (secondary N) is 2. The molecule has 0 fully saturated rings. The molecule has 0 amide bonds. The minimum absolute atomic E-state index is 0.148. The SMILES string of the molecule is Cc1cc(=O)n2c(n1)NC(=NCc1ccccn1)N[C@@H]2c1cccnc1. The van der Waals surface area contributed by atoms with E-state index in [0.29, 0.717) is 24.1 Å². The highest BCUT2D eigenvalue weighted by molar-refractivity contribution is 5.93. The van der Waals surface area contributed by atoms with Crippen molar-refractivity contribution < 1.29 is 0 Å². The van der Waals surface area contributed by atoms with Crippen molar-refractivity contribution in [3.05, 3.63) is 82.3 Å². The maximum Gasteiger partial charge on any atom is 0.257 e. The molecule has 0 bridgehead atoms. The summed E-state index contributed by atoms with van der Waals surface area (Å²) in [4.78, 5) is 29.9. The van der Waals surface area contributed by atoms with Gasteiger partial charge in [-0.25, -0.2) is 9.98 Å². The number of nitrogens with zero attached hydrogens (tertiary/aromatic N) is 5. The molecule has 0 spiro atoms. The summed E-state index contributed by atoms with van der Waals surface area (Å²) in [7, 11) is 0. The van der Waals surface area contributed by atoms with Crippen molar-refractivity contribution in [3.8, 4) is 0 Å². The summed E-state index contributed by atoms with van der Waals surface area (Å²) < 4.78 is 1.56. The molecule has 0 saturated carbocycles. The Bertz CT molecular complexity index is 999. The molecule has 26 heavy (non-hydrogen) atoms. The maximum absolute atomic E-state index is 12.5. The van der Waals surface area contributed by atoms with Crippen LogP contribution in [0.25, 0.3) is 0 Å². The normalized spacial score (nSPS) is 17.3. The molecule has 1 aliphatic heterocycles. The lowest BCUT2D eigenvalue weighted by Gasteiger charge is -2.30. The van der Waals surface area contributed by atoms with Gasteiger partial charge in [0, 0.05) is 35.9 Å². The first-order chi connectivity index (χ1) is 12.7. The van der Waals surface area contributed by atoms with Crippen molar-refractivity contribution in [2.75, 3.05) is 5.32 Å². The first kappa shape index (κ1) is 15.9. The lowest BCUT2D eigenvalue weighted by atomic mass is 10.2. The van der Waals surface area contributed by atoms with Gasteiger partial charge in [-0.1, -0.05) is 12.1 Å². The van der Waals surface area contributed by atoms with E-state index in [1.807, 2.05) is 30.3 Å². The fraction of sp³-hybridized carbons (Fsp3) is 0.167. The third kappa shape index (κ3) is 3.16. The van der Waals surface area contributed by atoms with Crippen molar-refractivity contribution in [2.45, 2.75) is 19.6 Å². The van der Waals surface area contributed by atoms with E-state index in [1.54, 1.807) is 30.1 Å². The highest BCUT2D eigenvalue weighted by atomic mass is 16.1. The summed E-state index contributed by atoms with van der Waals surface area (Å²) in [6.45, 7) is 2.20. The molecule has 3 aromatic rings. The molecule has 4 rings (SSSR count). The van der Waals surface area contributed by atoms with E-state index in [9.17, 15) is 4.79 Å². The topological polar surface area (TPSA) is 97.1 Å². The Morgan fingerprint density at radius 1 is 1.23 bits per heavy atom. The van der Waals surface area contributed by atoms with Gasteiger partial charge in [-0.2, -0.15) is 0 Å². The molecule has 1 atom stereocenters. The second kappa shape index (κ2) is 6.75. The molecule has 8 heteroatoms. The van der Waals surface area contributed by atoms with Crippen LogP contribution in [-0.4, -0.2) is 25.5 Å². The van der Waals surface area contributed by atoms with Crippen LogP contribution in [0.4, 0.5) is 5.95 Å². The molecule has 0 aromatic carbocycles. The fourth-order valence-electron chi connectivity index (χ4n) is 2.79. The van der Waals surface area contributed by atoms with E-state index in [0.717, 1.165) is 11.3 Å². The number of aryl methyl sites for hydroxylation is 1. The van der Waals surface area contributed by atoms with Gasteiger partial charge < -0.3 is 5.32 Å². The van der Waals surface area contributed by atoms with E-state index in [1.165, 1.54) is 6.07 Å². The van der Waals surface area contributed by atoms with E-state index >= 15 is 0 Å². The zero-order chi connectivity index (χ0) is 17.9. The first-order valence-corrected chi connectivity index (χ1v) is 8.19. The number of pyridine rings is 2. The molecular weight excluding hydrogens is 330 g/mol. The molecule has 4 heterocycles. The number of anilines is 1. The van der Waals surface area contributed by atoms with Crippen LogP contribution in [0.5, 0.6) is 0 Å². The van der Waals surface area contributed by atoms with Crippen LogP contribution in [0.3, 0.4) is 0 Å². The smallest absolute Gasteiger partial charge is 0.257 e. The van der Waals surface area contributed by atoms with Gasteiger partial charge in [0.2, 0.25) is 5.95 Å². The van der Waals surface area contributed by atoms with Gasteiger partial charge in [0.05, 0.1) is 12.2 Å². The van der Waals surface area contributed by atoms with Crippen LogP contribution in [0.1, 0.15) is 23.1 Å². The van der Waals surface area contributed by atoms with Crippen LogP contribution >= 0.6 is 0 Å². The number of guanidine groups is 1. The molecule has 1 aliphatic rings. The van der Waals surface area contributed by atoms with E-state index in [-0.39, 0.29) is 5.56 Å². The summed E-state index contributed by atoms with van der Waals surface area (Å²) in [5.41, 5.74) is 2.19. The number of hydrogen-bond acceptors (Lipinski definition) is 5. The van der Waals surface area contributed by atoms with Crippen LogP contribution < -0.4 is 16.2 Å². The lowest BCUT2D eigenvalue weighted by molar-refractivity contribution is 0.513. The summed E-state index contributed by atoms with van der Waals surface area (Å²) in [6, 6.07) is 10.9. The van der Waals surface area contributed by atoms with Crippen molar-refractivity contribution in [1.82, 2.24) is 24.8 Å². The number of aliphatic imine (C=N–C) groups is 1. The van der Waals surface area contributed by atoms with Crippen LogP contribution in [0.15, 0.2) is 64.8 Å². The molecule has 130 valence electrons. The van der Waals surface area contributed by atoms with E-state index < -0.39 is 6.17 Å². The van der Waals surface area contributed by atoms with Gasteiger partial charge in [0.15, 0.2) is 5.96 Å². The average Bonchev–Trinajstić information content (AvgIpc) is 2.67. The van der Waals surface area contributed by atoms with Gasteiger partial charge in [0.25, 0.3) is 5.56 Å². The standard InChI is InChI=1S/C18H17N7O/c1-12-9-15(26)25-16(13-5-4-7-19-10-13)23-17(24-18(25)22-12)21-11-14-6-2-3-8-20-14/h2-10,16H,11H2,1H3,(H2,21,22,23,24)/t16-/m0/s1. The second-order valence-corrected chi connectivity index (χ2v) is 5.87. The minimum Gasteiger partial charge on any atom is -0.331 e. The lowest BCUT2D eigenvalue weighted by Crippen LogP contribution is -2.48. The third-order valence-electron chi connectivity index (χ3n) is 3.97. The van der Waals surface area contributed by atoms with Crippen molar-refractivity contribution in [2.24, 2.45) is 4.99 Å². The van der Waals surface area contributed by atoms with Crippen molar-refractivity contribution in [1.29, 1.82) is 0 Å². The summed E-state index contributed by atoms with van der Waals surface area (Å²) in [6.07, 6.45) is 4.70. The number of fused-ring (bicyclic) bond motifs is 1. The molecular formula is C18H17N7O. The zero-order valence-electron chi connectivity index (χ0n) is 14.1. The van der Waals surface area contributed by atoms with Crippen LogP contribution in [0, 0.1) is 6.92 Å². The highest BCUT2D eigenvalue weighted by Gasteiger charge is 2.26. The summed E-state index contributed by atoms with van der Waals surface area (Å²) in [5, 5.41) is 6.34. The van der Waals surface area contributed by atoms with Gasteiger partial charge in [-0.3, -0.25) is 24.6 Å². The van der Waals surface area contributed by atoms with Gasteiger partial charge in [-0.05, 0) is 25.1 Å². The molecule has 0 radical (unpaired) electrons. The quantitative estimate of drug-likeness (QED) is 0.744. The minimum atomic E-state index is -0.442. The van der Waals surface area contributed by atoms with Gasteiger partial charge in [0.1, 0.15) is 6.17 Å². The van der Waals surface area contributed by atoms with Crippen molar-refractivity contribution >= 4 is 11.9 Å². The largest absolute Gasteiger partial charge is 0.331 e. The van der Waals surface area contributed by atoms with Gasteiger partial charge >= 0.3 is 0 Å². The molecule has 3 aromatic heterocycles. The molecule has 0 unspecified atom stereocenters. The summed E-state index contributed by atoms with van der Waals surface area (Å²) in [5.74, 6) is 0.976. The van der Waals surface area contributed by atoms with E-state index in [4.69, 9.17) is 0 Å². The average molecular weight is 347 g/mol. The predicted molar refractivity (Wildman–Crippen MR) is 97.7 cm³/mol. The van der Waals surface area contributed by atoms with Gasteiger partial charge in [-0.15, -0.1) is 0 Å². The Kier molecular flexibility index (Phi) is 4.14. The third-order valence-corrected chi connectivity index (χ3v) is 3.97. The predicted octanol–water partition coefficient (Wildman–Crippen LogP) is 1.46. The maximum atomic E-state index is 12.5. The number of aromatic nitrogens is 4. The summed E-state index contributed by atoms with van der Waals surface area (Å²) >= 11 is 0. The van der Waals surface area contributed by atoms with Crippen molar-refractivity contribution in [3.63, 3.8) is 0 Å². The Labute approximate surface area is 149 Å². The molecule has 0 saturated heterocycles. The molecule has 2 N–H and O–H groups in total. The van der Waals surface area contributed by atoms with Crippen LogP contribution in [-0.2, 0) is 6.54 Å². The Balaban J connectivity index is 1.73. The molecule has 0 aliphatic carbocycles. The Morgan fingerprint density at radius 3 is 2.92 bits per heavy atom. The number of rotatable bonds is 3. The number of hydrogen-bond donors (Lipinski definition) is 2.